The Labute approximate surface area is 165 Å². The first-order valence-corrected chi connectivity index (χ1v) is 9.30. The van der Waals surface area contributed by atoms with Gasteiger partial charge in [0.1, 0.15) is 5.69 Å². The number of benzene rings is 1. The molecule has 0 fully saturated rings. The number of nitro benzene ring substituents is 1. The van der Waals surface area contributed by atoms with E-state index in [1.54, 1.807) is 26.0 Å². The number of nitrogens with one attached hydrogen (secondary N) is 1. The van der Waals surface area contributed by atoms with Crippen LogP contribution in [0.15, 0.2) is 24.3 Å². The molecule has 9 heteroatoms. The van der Waals surface area contributed by atoms with Crippen molar-refractivity contribution in [3.05, 3.63) is 55.3 Å². The molecule has 28 heavy (non-hydrogen) atoms. The molecule has 0 radical (unpaired) electrons. The summed E-state index contributed by atoms with van der Waals surface area (Å²) in [5.74, 6) is -1.54. The first kappa shape index (κ1) is 21.2. The third kappa shape index (κ3) is 5.46. The number of amides is 1. The topological polar surface area (TPSA) is 116 Å². The Balaban J connectivity index is 1.87. The second-order valence-electron chi connectivity index (χ2n) is 6.20. The molecular formula is C19H20N2O6S. The van der Waals surface area contributed by atoms with Gasteiger partial charge < -0.3 is 10.1 Å². The third-order valence-corrected chi connectivity index (χ3v) is 5.15. The molecule has 1 amide bonds. The van der Waals surface area contributed by atoms with Crippen LogP contribution in [0.3, 0.4) is 0 Å². The van der Waals surface area contributed by atoms with Gasteiger partial charge in [0, 0.05) is 17.4 Å². The second-order valence-corrected chi connectivity index (χ2v) is 7.49. The number of hydrogen-bond donors (Lipinski definition) is 1. The van der Waals surface area contributed by atoms with Gasteiger partial charge in [-0.25, -0.2) is 0 Å². The Morgan fingerprint density at radius 1 is 1.11 bits per heavy atom. The van der Waals surface area contributed by atoms with E-state index in [9.17, 15) is 24.5 Å². The van der Waals surface area contributed by atoms with E-state index < -0.39 is 23.4 Å². The molecule has 0 aliphatic heterocycles. The molecule has 0 saturated carbocycles. The van der Waals surface area contributed by atoms with Crippen LogP contribution >= 0.6 is 11.3 Å². The summed E-state index contributed by atoms with van der Waals surface area (Å²) in [6.45, 7) is 4.72. The van der Waals surface area contributed by atoms with Gasteiger partial charge in [0.05, 0.1) is 16.2 Å². The maximum atomic E-state index is 12.0. The van der Waals surface area contributed by atoms with Gasteiger partial charge in [-0.1, -0.05) is 6.07 Å². The van der Waals surface area contributed by atoms with E-state index in [4.69, 9.17) is 4.74 Å². The van der Waals surface area contributed by atoms with Crippen molar-refractivity contribution in [1.82, 2.24) is 0 Å². The molecule has 8 nitrogen and oxygen atoms in total. The number of aryl methyl sites for hydroxylation is 2. The highest BCUT2D eigenvalue weighted by molar-refractivity contribution is 7.14. The first-order valence-electron chi connectivity index (χ1n) is 8.48. The maximum absolute atomic E-state index is 12.0. The van der Waals surface area contributed by atoms with Crippen LogP contribution < -0.4 is 5.32 Å². The lowest BCUT2D eigenvalue weighted by Gasteiger charge is -2.11. The van der Waals surface area contributed by atoms with E-state index in [0.29, 0.717) is 10.4 Å². The Hall–Kier alpha value is -3.07. The monoisotopic (exact) mass is 404 g/mol. The molecule has 0 atom stereocenters. The Morgan fingerprint density at radius 3 is 2.43 bits per heavy atom. The second kappa shape index (κ2) is 9.23. The number of Topliss-reactive ketones (excluding diaryl/α,β-unsaturated/α-hetero) is 1. The van der Waals surface area contributed by atoms with Crippen molar-refractivity contribution in [3.8, 4) is 0 Å². The molecule has 0 unspecified atom stereocenters. The predicted octanol–water partition coefficient (Wildman–Crippen LogP) is 3.73. The summed E-state index contributed by atoms with van der Waals surface area (Å²) < 4.78 is 4.87. The summed E-state index contributed by atoms with van der Waals surface area (Å²) >= 11 is 1.35. The summed E-state index contributed by atoms with van der Waals surface area (Å²) in [4.78, 5) is 47.9. The molecule has 2 rings (SSSR count). The van der Waals surface area contributed by atoms with Gasteiger partial charge in [-0.05, 0) is 44.0 Å². The molecule has 0 bridgehead atoms. The van der Waals surface area contributed by atoms with Gasteiger partial charge in [0.25, 0.3) is 11.6 Å². The number of esters is 1. The number of thiophene rings is 1. The van der Waals surface area contributed by atoms with Crippen LogP contribution in [-0.4, -0.2) is 29.2 Å². The molecule has 0 saturated heterocycles. The molecule has 1 N–H and O–H groups in total. The van der Waals surface area contributed by atoms with Crippen LogP contribution in [0.2, 0.25) is 0 Å². The number of anilines is 1. The zero-order valence-electron chi connectivity index (χ0n) is 15.7. The van der Waals surface area contributed by atoms with Crippen LogP contribution in [0.1, 0.15) is 38.5 Å². The predicted molar refractivity (Wildman–Crippen MR) is 105 cm³/mol. The number of hydrogen-bond acceptors (Lipinski definition) is 7. The standard InChI is InChI=1S/C19H20N2O6S/c1-11-4-6-14(21(25)26)19(13(11)3)20-17(23)10-27-18(24)9-7-15(22)16-8-5-12(2)28-16/h4-6,8H,7,9-10H2,1-3H3,(H,20,23). The average Bonchev–Trinajstić information content (AvgIpc) is 3.08. The van der Waals surface area contributed by atoms with Crippen LogP contribution in [0.4, 0.5) is 11.4 Å². The summed E-state index contributed by atoms with van der Waals surface area (Å²) in [6.07, 6.45) is -0.157. The molecule has 1 aromatic heterocycles. The van der Waals surface area contributed by atoms with Crippen LogP contribution in [-0.2, 0) is 14.3 Å². The first-order chi connectivity index (χ1) is 13.2. The quantitative estimate of drug-likeness (QED) is 0.310. The minimum Gasteiger partial charge on any atom is -0.456 e. The molecule has 0 aliphatic carbocycles. The van der Waals surface area contributed by atoms with Crippen LogP contribution in [0.25, 0.3) is 0 Å². The van der Waals surface area contributed by atoms with Gasteiger partial charge in [0.15, 0.2) is 12.4 Å². The van der Waals surface area contributed by atoms with Gasteiger partial charge in [-0.2, -0.15) is 0 Å². The van der Waals surface area contributed by atoms with Gasteiger partial charge in [-0.3, -0.25) is 24.5 Å². The Kier molecular flexibility index (Phi) is 7.00. The van der Waals surface area contributed by atoms with E-state index in [1.807, 2.05) is 13.0 Å². The van der Waals surface area contributed by atoms with Gasteiger partial charge >= 0.3 is 5.97 Å². The molecule has 148 valence electrons. The molecule has 1 heterocycles. The average molecular weight is 404 g/mol. The zero-order valence-corrected chi connectivity index (χ0v) is 16.6. The van der Waals surface area contributed by atoms with E-state index in [-0.39, 0.29) is 30.0 Å². The Morgan fingerprint density at radius 2 is 1.82 bits per heavy atom. The number of carbonyl (C=O) groups is 3. The normalized spacial score (nSPS) is 10.4. The summed E-state index contributed by atoms with van der Waals surface area (Å²) in [6, 6.07) is 6.43. The molecule has 0 spiro atoms. The third-order valence-electron chi connectivity index (χ3n) is 4.11. The molecular weight excluding hydrogens is 384 g/mol. The molecule has 2 aromatic rings. The number of nitrogens with zero attached hydrogens (tertiary/aromatic N) is 1. The van der Waals surface area contributed by atoms with Crippen molar-refractivity contribution < 1.29 is 24.0 Å². The smallest absolute Gasteiger partial charge is 0.306 e. The highest BCUT2D eigenvalue weighted by atomic mass is 32.1. The lowest BCUT2D eigenvalue weighted by molar-refractivity contribution is -0.384. The number of ether oxygens (including phenoxy) is 1. The van der Waals surface area contributed by atoms with Crippen molar-refractivity contribution in [1.29, 1.82) is 0 Å². The van der Waals surface area contributed by atoms with Crippen molar-refractivity contribution >= 4 is 40.4 Å². The van der Waals surface area contributed by atoms with Crippen molar-refractivity contribution in [3.63, 3.8) is 0 Å². The van der Waals surface area contributed by atoms with E-state index in [1.165, 1.54) is 17.4 Å². The fourth-order valence-electron chi connectivity index (χ4n) is 2.43. The van der Waals surface area contributed by atoms with E-state index >= 15 is 0 Å². The molecule has 0 aliphatic rings. The fourth-order valence-corrected chi connectivity index (χ4v) is 3.26. The van der Waals surface area contributed by atoms with Crippen LogP contribution in [0, 0.1) is 30.9 Å². The largest absolute Gasteiger partial charge is 0.456 e. The van der Waals surface area contributed by atoms with Gasteiger partial charge in [0.2, 0.25) is 0 Å². The minimum absolute atomic E-state index is 0.0110. The minimum atomic E-state index is -0.689. The maximum Gasteiger partial charge on any atom is 0.306 e. The Bertz CT molecular complexity index is 935. The lowest BCUT2D eigenvalue weighted by atomic mass is 10.1. The van der Waals surface area contributed by atoms with Gasteiger partial charge in [-0.15, -0.1) is 11.3 Å². The van der Waals surface area contributed by atoms with Crippen molar-refractivity contribution in [2.45, 2.75) is 33.6 Å². The number of rotatable bonds is 8. The van der Waals surface area contributed by atoms with Crippen molar-refractivity contribution in [2.75, 3.05) is 11.9 Å². The summed E-state index contributed by atoms with van der Waals surface area (Å²) in [7, 11) is 0. The number of carbonyl (C=O) groups excluding carboxylic acids is 3. The summed E-state index contributed by atoms with van der Waals surface area (Å²) in [5, 5.41) is 13.6. The number of ketones is 1. The highest BCUT2D eigenvalue weighted by Gasteiger charge is 2.20. The van der Waals surface area contributed by atoms with E-state index in [0.717, 1.165) is 10.4 Å². The summed E-state index contributed by atoms with van der Waals surface area (Å²) in [5.41, 5.74) is 1.18. The highest BCUT2D eigenvalue weighted by Crippen LogP contribution is 2.30. The fraction of sp³-hybridized carbons (Fsp3) is 0.316. The number of nitro groups is 1. The van der Waals surface area contributed by atoms with E-state index in [2.05, 4.69) is 5.32 Å². The zero-order chi connectivity index (χ0) is 20.8. The lowest BCUT2D eigenvalue weighted by Crippen LogP contribution is -2.22. The SMILES string of the molecule is Cc1ccc(C(=O)CCC(=O)OCC(=O)Nc2c([N+](=O)[O-])ccc(C)c2C)s1. The van der Waals surface area contributed by atoms with Crippen molar-refractivity contribution in [2.24, 2.45) is 0 Å². The van der Waals surface area contributed by atoms with Crippen LogP contribution in [0.5, 0.6) is 0 Å². The molecule has 1 aromatic carbocycles.